The van der Waals surface area contributed by atoms with Gasteiger partial charge in [-0.05, 0) is 24.6 Å². The van der Waals surface area contributed by atoms with Crippen LogP contribution in [0, 0.1) is 0 Å². The second-order valence-corrected chi connectivity index (χ2v) is 3.00. The summed E-state index contributed by atoms with van der Waals surface area (Å²) in [5.41, 5.74) is 1.73. The first-order valence-corrected chi connectivity index (χ1v) is 4.80. The minimum atomic E-state index is -0.0150. The second kappa shape index (κ2) is 5.20. The van der Waals surface area contributed by atoms with Gasteiger partial charge in [-0.15, -0.1) is 0 Å². The minimum absolute atomic E-state index is 0.0150. The molecule has 0 unspecified atom stereocenters. The smallest absolute Gasteiger partial charge is 0.251 e. The van der Waals surface area contributed by atoms with E-state index in [0.29, 0.717) is 6.54 Å². The second-order valence-electron chi connectivity index (χ2n) is 3.00. The molecule has 0 aromatic carbocycles. The van der Waals surface area contributed by atoms with Crippen LogP contribution >= 0.6 is 0 Å². The molecule has 0 aliphatic heterocycles. The lowest BCUT2D eigenvalue weighted by Gasteiger charge is -2.09. The van der Waals surface area contributed by atoms with Gasteiger partial charge in [-0.2, -0.15) is 0 Å². The molecule has 0 radical (unpaired) electrons. The molecule has 0 amide bonds. The third-order valence-corrected chi connectivity index (χ3v) is 2.16. The number of ether oxygens (including phenoxy) is 1. The third-order valence-electron chi connectivity index (χ3n) is 2.16. The first-order chi connectivity index (χ1) is 7.24. The summed E-state index contributed by atoms with van der Waals surface area (Å²) in [5.74, 6) is 0. The van der Waals surface area contributed by atoms with Gasteiger partial charge in [0.25, 0.3) is 5.56 Å². The van der Waals surface area contributed by atoms with Gasteiger partial charge in [0.15, 0.2) is 0 Å². The van der Waals surface area contributed by atoms with Crippen LogP contribution in [0.1, 0.15) is 18.2 Å². The summed E-state index contributed by atoms with van der Waals surface area (Å²) in [5, 5.41) is 0. The fourth-order valence-corrected chi connectivity index (χ4v) is 1.43. The van der Waals surface area contributed by atoms with Gasteiger partial charge < -0.3 is 9.30 Å². The predicted molar refractivity (Wildman–Crippen MR) is 62.5 cm³/mol. The highest BCUT2D eigenvalue weighted by atomic mass is 16.5. The molecular weight excluding hydrogens is 190 g/mol. The maximum Gasteiger partial charge on any atom is 0.251 e. The fraction of sp³-hybridized carbons (Fsp3) is 0.250. The van der Waals surface area contributed by atoms with E-state index in [4.69, 9.17) is 4.74 Å². The van der Waals surface area contributed by atoms with Gasteiger partial charge in [0.05, 0.1) is 19.1 Å². The zero-order chi connectivity index (χ0) is 11.3. The molecule has 1 heterocycles. The lowest BCUT2D eigenvalue weighted by Crippen LogP contribution is -2.21. The van der Waals surface area contributed by atoms with E-state index in [1.165, 1.54) is 0 Å². The highest BCUT2D eigenvalue weighted by Gasteiger charge is 2.03. The zero-order valence-corrected chi connectivity index (χ0v) is 9.06. The van der Waals surface area contributed by atoms with Crippen molar-refractivity contribution in [2.45, 2.75) is 13.5 Å². The van der Waals surface area contributed by atoms with Crippen molar-refractivity contribution in [3.63, 3.8) is 0 Å². The van der Waals surface area contributed by atoms with E-state index in [1.807, 2.05) is 6.92 Å². The first-order valence-electron chi connectivity index (χ1n) is 4.80. The molecule has 0 saturated heterocycles. The van der Waals surface area contributed by atoms with Crippen LogP contribution in [0.15, 0.2) is 29.8 Å². The molecule has 0 spiro atoms. The number of rotatable bonds is 4. The summed E-state index contributed by atoms with van der Waals surface area (Å²) in [7, 11) is 1.57. The van der Waals surface area contributed by atoms with Crippen LogP contribution in [0.3, 0.4) is 0 Å². The van der Waals surface area contributed by atoms with Crippen molar-refractivity contribution in [1.29, 1.82) is 0 Å². The van der Waals surface area contributed by atoms with Gasteiger partial charge in [-0.1, -0.05) is 12.7 Å². The standard InChI is InChI=1S/C12H15NO2/c1-4-10-6-7-12(14)13(5-2)11(10)8-9-15-3/h4,6-9H,1,5H2,2-3H3/b9-8+. The van der Waals surface area contributed by atoms with Gasteiger partial charge in [0.2, 0.25) is 0 Å². The van der Waals surface area contributed by atoms with Crippen LogP contribution in [0.5, 0.6) is 0 Å². The van der Waals surface area contributed by atoms with Crippen LogP contribution in [0.2, 0.25) is 0 Å². The van der Waals surface area contributed by atoms with Crippen LogP contribution in [0.4, 0.5) is 0 Å². The SMILES string of the molecule is C=Cc1ccc(=O)n(CC)c1/C=C/OC. The summed E-state index contributed by atoms with van der Waals surface area (Å²) in [6.07, 6.45) is 5.04. The summed E-state index contributed by atoms with van der Waals surface area (Å²) in [6, 6.07) is 3.31. The molecule has 0 saturated carbocycles. The van der Waals surface area contributed by atoms with Crippen molar-refractivity contribution in [3.8, 4) is 0 Å². The van der Waals surface area contributed by atoms with Gasteiger partial charge in [-0.3, -0.25) is 4.79 Å². The Morgan fingerprint density at radius 2 is 2.27 bits per heavy atom. The van der Waals surface area contributed by atoms with Gasteiger partial charge in [-0.25, -0.2) is 0 Å². The quantitative estimate of drug-likeness (QED) is 0.705. The fourth-order valence-electron chi connectivity index (χ4n) is 1.43. The highest BCUT2D eigenvalue weighted by Crippen LogP contribution is 2.10. The van der Waals surface area contributed by atoms with E-state index >= 15 is 0 Å². The number of methoxy groups -OCH3 is 1. The van der Waals surface area contributed by atoms with Crippen molar-refractivity contribution in [3.05, 3.63) is 46.6 Å². The molecular formula is C12H15NO2. The molecule has 1 rings (SSSR count). The lowest BCUT2D eigenvalue weighted by molar-refractivity contribution is 0.341. The largest absolute Gasteiger partial charge is 0.504 e. The van der Waals surface area contributed by atoms with E-state index in [-0.39, 0.29) is 5.56 Å². The monoisotopic (exact) mass is 205 g/mol. The van der Waals surface area contributed by atoms with Gasteiger partial charge >= 0.3 is 0 Å². The molecule has 3 heteroatoms. The predicted octanol–water partition coefficient (Wildman–Crippen LogP) is 2.13. The van der Waals surface area contributed by atoms with E-state index in [2.05, 4.69) is 6.58 Å². The molecule has 1 aromatic heterocycles. The molecule has 1 aromatic rings. The summed E-state index contributed by atoms with van der Waals surface area (Å²) in [4.78, 5) is 11.6. The first kappa shape index (κ1) is 11.3. The third kappa shape index (κ3) is 2.37. The van der Waals surface area contributed by atoms with E-state index < -0.39 is 0 Å². The zero-order valence-electron chi connectivity index (χ0n) is 9.06. The number of hydrogen-bond donors (Lipinski definition) is 0. The Morgan fingerprint density at radius 1 is 1.53 bits per heavy atom. The van der Waals surface area contributed by atoms with Crippen molar-refractivity contribution in [2.75, 3.05) is 7.11 Å². The normalized spacial score (nSPS) is 10.5. The molecule has 0 N–H and O–H groups in total. The Balaban J connectivity index is 3.40. The van der Waals surface area contributed by atoms with Crippen LogP contribution in [0.25, 0.3) is 12.2 Å². The van der Waals surface area contributed by atoms with Gasteiger partial charge in [0.1, 0.15) is 0 Å². The van der Waals surface area contributed by atoms with E-state index in [0.717, 1.165) is 11.3 Å². The summed E-state index contributed by atoms with van der Waals surface area (Å²) < 4.78 is 6.53. The number of aromatic nitrogens is 1. The Bertz CT molecular complexity index is 430. The molecule has 0 bridgehead atoms. The lowest BCUT2D eigenvalue weighted by atomic mass is 10.2. The van der Waals surface area contributed by atoms with Gasteiger partial charge in [0, 0.05) is 12.6 Å². The maximum absolute atomic E-state index is 11.6. The topological polar surface area (TPSA) is 31.2 Å². The summed E-state index contributed by atoms with van der Waals surface area (Å²) >= 11 is 0. The Morgan fingerprint density at radius 3 is 2.80 bits per heavy atom. The van der Waals surface area contributed by atoms with Crippen molar-refractivity contribution in [2.24, 2.45) is 0 Å². The van der Waals surface area contributed by atoms with Crippen LogP contribution < -0.4 is 5.56 Å². The highest BCUT2D eigenvalue weighted by molar-refractivity contribution is 5.61. The molecule has 80 valence electrons. The average Bonchev–Trinajstić information content (AvgIpc) is 2.26. The number of pyridine rings is 1. The Hall–Kier alpha value is -1.77. The van der Waals surface area contributed by atoms with Crippen LogP contribution in [-0.2, 0) is 11.3 Å². The Kier molecular flexibility index (Phi) is 3.92. The number of nitrogens with zero attached hydrogens (tertiary/aromatic N) is 1. The van der Waals surface area contributed by atoms with Crippen molar-refractivity contribution < 1.29 is 4.74 Å². The Labute approximate surface area is 89.3 Å². The molecule has 0 aliphatic carbocycles. The minimum Gasteiger partial charge on any atom is -0.504 e. The maximum atomic E-state index is 11.6. The molecule has 15 heavy (non-hydrogen) atoms. The average molecular weight is 205 g/mol. The van der Waals surface area contributed by atoms with E-state index in [1.54, 1.807) is 42.2 Å². The van der Waals surface area contributed by atoms with Crippen molar-refractivity contribution >= 4 is 12.2 Å². The van der Waals surface area contributed by atoms with E-state index in [9.17, 15) is 4.79 Å². The molecule has 0 atom stereocenters. The van der Waals surface area contributed by atoms with Crippen LogP contribution in [-0.4, -0.2) is 11.7 Å². The molecule has 0 fully saturated rings. The molecule has 0 aliphatic rings. The van der Waals surface area contributed by atoms with Crippen molar-refractivity contribution in [1.82, 2.24) is 4.57 Å². The number of hydrogen-bond acceptors (Lipinski definition) is 2. The molecule has 3 nitrogen and oxygen atoms in total. The summed E-state index contributed by atoms with van der Waals surface area (Å²) in [6.45, 7) is 6.27.